The third kappa shape index (κ3) is 12.0. The molecule has 0 saturated carbocycles. The summed E-state index contributed by atoms with van der Waals surface area (Å²) >= 11 is 0. The Labute approximate surface area is 310 Å². The van der Waals surface area contributed by atoms with Gasteiger partial charge in [-0.05, 0) is 42.9 Å². The molecule has 0 bridgehead atoms. The van der Waals surface area contributed by atoms with E-state index in [-0.39, 0.29) is 25.2 Å². The highest BCUT2D eigenvalue weighted by Gasteiger charge is 2.06. The molecule has 0 aliphatic heterocycles. The third-order valence-electron chi connectivity index (χ3n) is 7.36. The lowest BCUT2D eigenvalue weighted by molar-refractivity contribution is 0.816. The number of hydrogen-bond donors (Lipinski definition) is 0. The molecule has 0 fully saturated rings. The second-order valence-corrected chi connectivity index (χ2v) is 10.7. The quantitative estimate of drug-likeness (QED) is 0.200. The van der Waals surface area contributed by atoms with Gasteiger partial charge in [-0.2, -0.15) is 0 Å². The summed E-state index contributed by atoms with van der Waals surface area (Å²) in [5.74, 6) is 2.81. The second-order valence-electron chi connectivity index (χ2n) is 10.7. The van der Waals surface area contributed by atoms with Gasteiger partial charge < -0.3 is 0 Å². The molecule has 4 aromatic carbocycles. The van der Waals surface area contributed by atoms with Crippen molar-refractivity contribution in [2.45, 2.75) is 47.0 Å². The van der Waals surface area contributed by atoms with Crippen molar-refractivity contribution in [2.75, 3.05) is 0 Å². The SMILES string of the molecule is CCc1ccc(-c2nnc(-c3ccccc3)nn2)cc1.CCc1ccc(-c2nnc(C)nn2)cc1.CCc1ccc(-c2nncnn2)cc1.[B].[B].[B]. The molecule has 0 atom stereocenters. The van der Waals surface area contributed by atoms with Gasteiger partial charge in [0.15, 0.2) is 12.2 Å². The van der Waals surface area contributed by atoms with E-state index in [0.717, 1.165) is 41.5 Å². The summed E-state index contributed by atoms with van der Waals surface area (Å²) in [6.07, 6.45) is 4.41. The second kappa shape index (κ2) is 21.9. The molecule has 253 valence electrons. The highest BCUT2D eigenvalue weighted by Crippen LogP contribution is 2.17. The van der Waals surface area contributed by atoms with Gasteiger partial charge in [-0.3, -0.25) is 0 Å². The molecular weight excluding hydrogens is 645 g/mol. The fourth-order valence-corrected chi connectivity index (χ4v) is 4.43. The first-order valence-corrected chi connectivity index (χ1v) is 16.0. The maximum atomic E-state index is 4.16. The van der Waals surface area contributed by atoms with E-state index in [4.69, 9.17) is 0 Å². The molecule has 15 heteroatoms. The average Bonchev–Trinajstić information content (AvgIpc) is 3.19. The zero-order valence-electron chi connectivity index (χ0n) is 29.6. The fourth-order valence-electron chi connectivity index (χ4n) is 4.43. The van der Waals surface area contributed by atoms with Gasteiger partial charge in [0.2, 0.25) is 23.3 Å². The Hall–Kier alpha value is -6.11. The van der Waals surface area contributed by atoms with Gasteiger partial charge in [0, 0.05) is 47.5 Å². The number of nitrogens with zero attached hydrogens (tertiary/aromatic N) is 12. The molecule has 3 aromatic heterocycles. The van der Waals surface area contributed by atoms with Gasteiger partial charge in [0.1, 0.15) is 0 Å². The summed E-state index contributed by atoms with van der Waals surface area (Å²) in [7, 11) is 0. The summed E-state index contributed by atoms with van der Waals surface area (Å²) in [5.41, 5.74) is 7.63. The van der Waals surface area contributed by atoms with Crippen molar-refractivity contribution >= 4 is 25.2 Å². The smallest absolute Gasteiger partial charge is 0.135 e. The Bertz CT molecular complexity index is 1990. The number of benzene rings is 4. The van der Waals surface area contributed by atoms with E-state index in [9.17, 15) is 0 Å². The van der Waals surface area contributed by atoms with Crippen molar-refractivity contribution in [3.05, 3.63) is 132 Å². The van der Waals surface area contributed by atoms with Crippen LogP contribution in [0.25, 0.3) is 45.6 Å². The molecule has 0 N–H and O–H groups in total. The lowest BCUT2D eigenvalue weighted by Crippen LogP contribution is -1.99. The van der Waals surface area contributed by atoms with Crippen LogP contribution in [0.3, 0.4) is 0 Å². The summed E-state index contributed by atoms with van der Waals surface area (Å²) in [4.78, 5) is 0. The van der Waals surface area contributed by atoms with Crippen LogP contribution in [0.2, 0.25) is 0 Å². The van der Waals surface area contributed by atoms with Gasteiger partial charge in [0.25, 0.3) is 0 Å². The first-order chi connectivity index (χ1) is 24.1. The van der Waals surface area contributed by atoms with Crippen molar-refractivity contribution in [3.8, 4) is 45.6 Å². The van der Waals surface area contributed by atoms with Crippen LogP contribution >= 0.6 is 0 Å². The van der Waals surface area contributed by atoms with E-state index in [1.807, 2.05) is 66.7 Å². The number of rotatable bonds is 7. The Morgan fingerprint density at radius 3 is 0.962 bits per heavy atom. The molecule has 0 aliphatic carbocycles. The summed E-state index contributed by atoms with van der Waals surface area (Å²) < 4.78 is 0. The summed E-state index contributed by atoms with van der Waals surface area (Å²) in [6.45, 7) is 8.14. The maximum absolute atomic E-state index is 4.16. The van der Waals surface area contributed by atoms with Crippen molar-refractivity contribution in [1.29, 1.82) is 0 Å². The Morgan fingerprint density at radius 1 is 0.346 bits per heavy atom. The summed E-state index contributed by atoms with van der Waals surface area (Å²) in [6, 6.07) is 34.1. The molecule has 0 aliphatic rings. The topological polar surface area (TPSA) is 155 Å². The van der Waals surface area contributed by atoms with Crippen LogP contribution in [0, 0.1) is 6.92 Å². The minimum absolute atomic E-state index is 0. The predicted octanol–water partition coefficient (Wildman–Crippen LogP) is 5.32. The molecule has 9 radical (unpaired) electrons. The van der Waals surface area contributed by atoms with E-state index in [0.29, 0.717) is 29.1 Å². The van der Waals surface area contributed by atoms with Crippen LogP contribution in [0.15, 0.2) is 109 Å². The molecule has 52 heavy (non-hydrogen) atoms. The van der Waals surface area contributed by atoms with E-state index in [1.54, 1.807) is 6.92 Å². The monoisotopic (exact) mass is 681 g/mol. The molecule has 3 heterocycles. The van der Waals surface area contributed by atoms with Gasteiger partial charge >= 0.3 is 0 Å². The minimum Gasteiger partial charge on any atom is -0.135 e. The van der Waals surface area contributed by atoms with Crippen LogP contribution < -0.4 is 0 Å². The fraction of sp³-hybridized carbons (Fsp3) is 0.189. The molecule has 7 rings (SSSR count). The number of aryl methyl sites for hydroxylation is 4. The molecule has 0 amide bonds. The van der Waals surface area contributed by atoms with Crippen LogP contribution in [-0.2, 0) is 19.3 Å². The van der Waals surface area contributed by atoms with Gasteiger partial charge in [-0.25, -0.2) is 0 Å². The molecule has 0 spiro atoms. The predicted molar refractivity (Wildman–Crippen MR) is 205 cm³/mol. The van der Waals surface area contributed by atoms with Crippen molar-refractivity contribution in [2.24, 2.45) is 0 Å². The van der Waals surface area contributed by atoms with Crippen LogP contribution in [0.1, 0.15) is 43.3 Å². The Balaban J connectivity index is 0.000000268. The molecule has 7 aromatic rings. The lowest BCUT2D eigenvalue weighted by atomic mass is 10.1. The van der Waals surface area contributed by atoms with E-state index in [1.165, 1.54) is 23.0 Å². The summed E-state index contributed by atoms with van der Waals surface area (Å²) in [5, 5.41) is 47.4. The van der Waals surface area contributed by atoms with E-state index < -0.39 is 0 Å². The third-order valence-corrected chi connectivity index (χ3v) is 7.36. The van der Waals surface area contributed by atoms with Crippen molar-refractivity contribution in [1.82, 2.24) is 61.2 Å². The Kier molecular flexibility index (Phi) is 17.7. The van der Waals surface area contributed by atoms with Gasteiger partial charge in [-0.1, -0.05) is 124 Å². The van der Waals surface area contributed by atoms with Gasteiger partial charge in [-0.15, -0.1) is 61.2 Å². The zero-order valence-corrected chi connectivity index (χ0v) is 29.6. The molecule has 12 nitrogen and oxygen atoms in total. The van der Waals surface area contributed by atoms with Gasteiger partial charge in [0.05, 0.1) is 0 Å². The molecule has 0 unspecified atom stereocenters. The van der Waals surface area contributed by atoms with Crippen molar-refractivity contribution < 1.29 is 0 Å². The normalized spacial score (nSPS) is 9.69. The largest absolute Gasteiger partial charge is 0.203 e. The molecule has 0 saturated heterocycles. The molecular formula is C37H36B3N12. The van der Waals surface area contributed by atoms with E-state index >= 15 is 0 Å². The number of hydrogen-bond acceptors (Lipinski definition) is 12. The van der Waals surface area contributed by atoms with Crippen molar-refractivity contribution in [3.63, 3.8) is 0 Å². The minimum atomic E-state index is 0. The first-order valence-electron chi connectivity index (χ1n) is 16.0. The highest BCUT2D eigenvalue weighted by molar-refractivity contribution is 5.76. The average molecular weight is 681 g/mol. The Morgan fingerprint density at radius 2 is 0.635 bits per heavy atom. The standard InChI is InChI=1S/C16H14N4.C11H12N4.C10H10N4.3B/c1-2-12-8-10-14(11-9-12)16-19-17-15(18-20-16)13-6-4-3-5-7-13;1-3-9-4-6-10(7-5-9)11-14-12-8(2)13-15-11;1-2-8-3-5-9(6-4-8)10-13-11-7-12-14-10;;;/h3-11H,2H2,1H3;4-7H,3H2,1-2H3;3-7H,2H2,1H3;;;. The first kappa shape index (κ1) is 42.1. The highest BCUT2D eigenvalue weighted by atomic mass is 15.3. The number of aromatic nitrogens is 12. The lowest BCUT2D eigenvalue weighted by Gasteiger charge is -2.01. The van der Waals surface area contributed by atoms with E-state index in [2.05, 4.69) is 118 Å². The maximum Gasteiger partial charge on any atom is 0.203 e. The zero-order chi connectivity index (χ0) is 34.3. The van der Waals surface area contributed by atoms with Crippen LogP contribution in [-0.4, -0.2) is 86.4 Å². The van der Waals surface area contributed by atoms with Crippen LogP contribution in [0.4, 0.5) is 0 Å². The van der Waals surface area contributed by atoms with Crippen LogP contribution in [0.5, 0.6) is 0 Å².